The van der Waals surface area contributed by atoms with Crippen molar-refractivity contribution in [2.45, 2.75) is 0 Å². The maximum atomic E-state index is 13.6. The van der Waals surface area contributed by atoms with Gasteiger partial charge in [0.15, 0.2) is 47.4 Å². The number of para-hydroxylation sites is 1. The third kappa shape index (κ3) is 4.36. The Labute approximate surface area is 158 Å². The summed E-state index contributed by atoms with van der Waals surface area (Å²) < 4.78 is 62.9. The van der Waals surface area contributed by atoms with Gasteiger partial charge in [-0.3, -0.25) is 10.1 Å². The van der Waals surface area contributed by atoms with Crippen LogP contribution in [0.2, 0.25) is 0 Å². The van der Waals surface area contributed by atoms with Crippen molar-refractivity contribution in [3.05, 3.63) is 53.6 Å². The zero-order valence-electron chi connectivity index (χ0n) is 13.8. The largest absolute Gasteiger partial charge is 0.479 e. The third-order valence-electron chi connectivity index (χ3n) is 3.31. The highest BCUT2D eigenvalue weighted by atomic mass is 32.1. The molecule has 1 aromatic heterocycles. The molecule has 6 nitrogen and oxygen atoms in total. The summed E-state index contributed by atoms with van der Waals surface area (Å²) >= 11 is 0.709. The lowest BCUT2D eigenvalue weighted by Gasteiger charge is -2.07. The minimum absolute atomic E-state index is 0.0121. The van der Waals surface area contributed by atoms with Gasteiger partial charge in [0.25, 0.3) is 5.91 Å². The van der Waals surface area contributed by atoms with Crippen LogP contribution in [0.4, 0.5) is 22.7 Å². The molecule has 1 N–H and O–H groups in total. The van der Waals surface area contributed by atoms with Gasteiger partial charge in [0.2, 0.25) is 0 Å². The van der Waals surface area contributed by atoms with Gasteiger partial charge in [-0.1, -0.05) is 23.5 Å². The third-order valence-corrected chi connectivity index (χ3v) is 4.23. The number of halogens is 4. The number of amides is 1. The van der Waals surface area contributed by atoms with Gasteiger partial charge in [-0.15, -0.1) is 0 Å². The molecule has 28 heavy (non-hydrogen) atoms. The summed E-state index contributed by atoms with van der Waals surface area (Å²) in [5.41, 5.74) is -0.436. The molecule has 0 aliphatic carbocycles. The molecule has 0 saturated carbocycles. The number of nitrogens with zero attached hydrogens (tertiary/aromatic N) is 1. The minimum atomic E-state index is -1.67. The molecule has 1 heterocycles. The van der Waals surface area contributed by atoms with Gasteiger partial charge in [-0.25, -0.2) is 27.3 Å². The average Bonchev–Trinajstić information content (AvgIpc) is 3.06. The fourth-order valence-corrected chi connectivity index (χ4v) is 2.97. The van der Waals surface area contributed by atoms with E-state index in [2.05, 4.69) is 15.0 Å². The number of fused-ring (bicyclic) bond motifs is 1. The molecule has 3 rings (SSSR count). The van der Waals surface area contributed by atoms with E-state index in [9.17, 15) is 27.2 Å². The summed E-state index contributed by atoms with van der Waals surface area (Å²) in [5, 5.41) is 2.08. The number of rotatable bonds is 6. The molecular weight excluding hydrogens is 404 g/mol. The van der Waals surface area contributed by atoms with Crippen LogP contribution < -0.4 is 10.1 Å². The van der Waals surface area contributed by atoms with Crippen molar-refractivity contribution in [3.63, 3.8) is 0 Å². The van der Waals surface area contributed by atoms with E-state index in [1.807, 2.05) is 0 Å². The number of thiazole rings is 1. The number of benzene rings is 2. The van der Waals surface area contributed by atoms with E-state index in [1.54, 1.807) is 0 Å². The average molecular weight is 414 g/mol. The summed E-state index contributed by atoms with van der Waals surface area (Å²) in [6.45, 7) is -1.35. The predicted molar refractivity (Wildman–Crippen MR) is 91.0 cm³/mol. The molecule has 0 aliphatic rings. The van der Waals surface area contributed by atoms with Crippen LogP contribution in [0.15, 0.2) is 30.3 Å². The van der Waals surface area contributed by atoms with Crippen LogP contribution in [0, 0.1) is 23.3 Å². The van der Waals surface area contributed by atoms with E-state index in [4.69, 9.17) is 4.74 Å². The molecule has 2 aromatic carbocycles. The molecule has 0 saturated heterocycles. The Morgan fingerprint density at radius 2 is 1.79 bits per heavy atom. The van der Waals surface area contributed by atoms with Crippen LogP contribution in [0.3, 0.4) is 0 Å². The van der Waals surface area contributed by atoms with E-state index in [0.29, 0.717) is 11.3 Å². The Morgan fingerprint density at radius 3 is 2.54 bits per heavy atom. The fraction of sp³-hybridized carbons (Fsp3) is 0.118. The quantitative estimate of drug-likeness (QED) is 0.380. The van der Waals surface area contributed by atoms with Crippen LogP contribution in [0.5, 0.6) is 5.75 Å². The molecule has 0 aliphatic heterocycles. The monoisotopic (exact) mass is 414 g/mol. The van der Waals surface area contributed by atoms with E-state index >= 15 is 0 Å². The molecule has 0 atom stereocenters. The van der Waals surface area contributed by atoms with Crippen LogP contribution >= 0.6 is 11.3 Å². The summed E-state index contributed by atoms with van der Waals surface area (Å²) in [4.78, 5) is 27.0. The second-order valence-corrected chi connectivity index (χ2v) is 6.31. The van der Waals surface area contributed by atoms with Crippen molar-refractivity contribution in [3.8, 4) is 5.75 Å². The molecule has 0 radical (unpaired) electrons. The Bertz CT molecular complexity index is 1060. The van der Waals surface area contributed by atoms with Gasteiger partial charge >= 0.3 is 5.97 Å². The first kappa shape index (κ1) is 19.5. The highest BCUT2D eigenvalue weighted by Crippen LogP contribution is 2.30. The van der Waals surface area contributed by atoms with Gasteiger partial charge in [0, 0.05) is 0 Å². The van der Waals surface area contributed by atoms with Crippen LogP contribution in [0.25, 0.3) is 10.2 Å². The molecule has 0 fully saturated rings. The summed E-state index contributed by atoms with van der Waals surface area (Å²) in [6.07, 6.45) is 0. The van der Waals surface area contributed by atoms with Crippen molar-refractivity contribution in [2.24, 2.45) is 0 Å². The van der Waals surface area contributed by atoms with Gasteiger partial charge in [-0.2, -0.15) is 0 Å². The van der Waals surface area contributed by atoms with Crippen LogP contribution in [0.1, 0.15) is 0 Å². The number of hydrogen-bond acceptors (Lipinski definition) is 6. The maximum absolute atomic E-state index is 13.6. The van der Waals surface area contributed by atoms with E-state index in [0.717, 1.165) is 12.1 Å². The van der Waals surface area contributed by atoms with E-state index in [1.165, 1.54) is 18.2 Å². The van der Waals surface area contributed by atoms with Crippen LogP contribution in [-0.2, 0) is 14.3 Å². The fourth-order valence-electron chi connectivity index (χ4n) is 2.07. The lowest BCUT2D eigenvalue weighted by Crippen LogP contribution is -2.23. The molecule has 3 aromatic rings. The molecule has 11 heteroatoms. The van der Waals surface area contributed by atoms with Crippen molar-refractivity contribution >= 4 is 38.6 Å². The van der Waals surface area contributed by atoms with Gasteiger partial charge < -0.3 is 9.47 Å². The molecule has 0 spiro atoms. The Kier molecular flexibility index (Phi) is 5.73. The van der Waals surface area contributed by atoms with Gasteiger partial charge in [-0.05, 0) is 18.2 Å². The zero-order valence-corrected chi connectivity index (χ0v) is 14.6. The first-order valence-electron chi connectivity index (χ1n) is 7.62. The summed E-state index contributed by atoms with van der Waals surface area (Å²) in [5.74, 6) is -7.08. The Morgan fingerprint density at radius 1 is 1.04 bits per heavy atom. The van der Waals surface area contributed by atoms with Crippen molar-refractivity contribution in [1.82, 2.24) is 4.98 Å². The predicted octanol–water partition coefficient (Wildman–Crippen LogP) is 3.41. The molecular formula is C17H10F4N2O4S. The molecule has 0 unspecified atom stereocenters. The van der Waals surface area contributed by atoms with Crippen molar-refractivity contribution in [1.29, 1.82) is 0 Å². The van der Waals surface area contributed by atoms with Gasteiger partial charge in [0.05, 0.1) is 4.70 Å². The number of carbonyl (C=O) groups excluding carboxylic acids is 2. The van der Waals surface area contributed by atoms with E-state index in [-0.39, 0.29) is 15.6 Å². The Hall–Kier alpha value is -3.21. The maximum Gasteiger partial charge on any atom is 0.344 e. The second-order valence-electron chi connectivity index (χ2n) is 5.28. The number of carbonyl (C=O) groups is 2. The minimum Gasteiger partial charge on any atom is -0.479 e. The lowest BCUT2D eigenvalue weighted by atomic mass is 10.3. The molecule has 1 amide bonds. The smallest absolute Gasteiger partial charge is 0.344 e. The number of anilines is 1. The summed E-state index contributed by atoms with van der Waals surface area (Å²) in [7, 11) is 0. The standard InChI is InChI=1S/C17H10F4N2O4S/c18-8-3-1-2-4-10(8)26-7-13(25)27-6-12(24)22-17-23-16-11(28-17)5-9(19)14(20)15(16)21/h1-5H,6-7H2,(H,22,23,24). The molecule has 146 valence electrons. The Balaban J connectivity index is 1.53. The zero-order chi connectivity index (χ0) is 20.3. The van der Waals surface area contributed by atoms with Crippen molar-refractivity contribution < 1.29 is 36.6 Å². The second kappa shape index (κ2) is 8.21. The van der Waals surface area contributed by atoms with Crippen molar-refractivity contribution in [2.75, 3.05) is 18.5 Å². The highest BCUT2D eigenvalue weighted by molar-refractivity contribution is 7.22. The topological polar surface area (TPSA) is 77.5 Å². The SMILES string of the molecule is O=C(COC(=O)COc1ccccc1F)Nc1nc2c(F)c(F)c(F)cc2s1. The van der Waals surface area contributed by atoms with Crippen LogP contribution in [-0.4, -0.2) is 30.1 Å². The normalized spacial score (nSPS) is 10.7. The first-order valence-corrected chi connectivity index (χ1v) is 8.43. The first-order chi connectivity index (χ1) is 13.3. The number of esters is 1. The number of ether oxygens (including phenoxy) is 2. The number of nitrogens with one attached hydrogen (secondary N) is 1. The molecule has 0 bridgehead atoms. The lowest BCUT2D eigenvalue weighted by molar-refractivity contribution is -0.149. The highest BCUT2D eigenvalue weighted by Gasteiger charge is 2.18. The van der Waals surface area contributed by atoms with E-state index < -0.39 is 53.9 Å². The summed E-state index contributed by atoms with van der Waals surface area (Å²) in [6, 6.07) is 6.17. The number of hydrogen-bond donors (Lipinski definition) is 1. The van der Waals surface area contributed by atoms with Gasteiger partial charge in [0.1, 0.15) is 5.52 Å². The number of aromatic nitrogens is 1.